The molecule has 1 aliphatic carbocycles. The highest BCUT2D eigenvalue weighted by molar-refractivity contribution is 6.31. The number of hydrogen-bond donors (Lipinski definition) is 1. The summed E-state index contributed by atoms with van der Waals surface area (Å²) in [5.41, 5.74) is 11.3. The van der Waals surface area contributed by atoms with E-state index in [1.165, 1.54) is 12.8 Å². The maximum atomic E-state index is 6.22. The monoisotopic (exact) mass is 297 g/mol. The van der Waals surface area contributed by atoms with E-state index >= 15 is 0 Å². The smallest absolute Gasteiger partial charge is 0.143 e. The molecular formula is C17H16ClN3. The fourth-order valence-electron chi connectivity index (χ4n) is 2.95. The average molecular weight is 298 g/mol. The molecule has 0 aliphatic heterocycles. The van der Waals surface area contributed by atoms with Crippen LogP contribution in [0.4, 0.5) is 5.69 Å². The van der Waals surface area contributed by atoms with E-state index in [4.69, 9.17) is 22.3 Å². The van der Waals surface area contributed by atoms with Crippen molar-refractivity contribution in [1.82, 2.24) is 9.55 Å². The van der Waals surface area contributed by atoms with Crippen LogP contribution in [0.25, 0.3) is 22.4 Å². The highest BCUT2D eigenvalue weighted by Crippen LogP contribution is 2.43. The lowest BCUT2D eigenvalue weighted by molar-refractivity contribution is 0.775. The molecule has 0 saturated heterocycles. The molecule has 0 bridgehead atoms. The summed E-state index contributed by atoms with van der Waals surface area (Å²) in [6.45, 7) is 2.08. The van der Waals surface area contributed by atoms with Crippen molar-refractivity contribution in [3.63, 3.8) is 0 Å². The van der Waals surface area contributed by atoms with Crippen LogP contribution in [0.15, 0.2) is 36.4 Å². The van der Waals surface area contributed by atoms with E-state index < -0.39 is 0 Å². The van der Waals surface area contributed by atoms with E-state index in [1.54, 1.807) is 0 Å². The molecular weight excluding hydrogens is 282 g/mol. The van der Waals surface area contributed by atoms with Crippen molar-refractivity contribution in [1.29, 1.82) is 0 Å². The number of benzene rings is 2. The Morgan fingerprint density at radius 3 is 2.76 bits per heavy atom. The number of halogens is 1. The van der Waals surface area contributed by atoms with Crippen molar-refractivity contribution >= 4 is 28.3 Å². The van der Waals surface area contributed by atoms with E-state index in [2.05, 4.69) is 23.6 Å². The average Bonchev–Trinajstić information content (AvgIpc) is 3.20. The summed E-state index contributed by atoms with van der Waals surface area (Å²) in [5.74, 6) is 0.963. The highest BCUT2D eigenvalue weighted by Gasteiger charge is 2.29. The van der Waals surface area contributed by atoms with Crippen molar-refractivity contribution in [2.45, 2.75) is 25.8 Å². The Morgan fingerprint density at radius 1 is 1.24 bits per heavy atom. The van der Waals surface area contributed by atoms with Gasteiger partial charge in [-0.2, -0.15) is 0 Å². The molecule has 0 amide bonds. The second kappa shape index (κ2) is 4.50. The molecule has 1 fully saturated rings. The number of hydrogen-bond acceptors (Lipinski definition) is 2. The second-order valence-electron chi connectivity index (χ2n) is 5.71. The molecule has 4 rings (SSSR count). The molecule has 2 aromatic carbocycles. The third kappa shape index (κ3) is 2.00. The first-order valence-electron chi connectivity index (χ1n) is 7.18. The van der Waals surface area contributed by atoms with E-state index in [0.717, 1.165) is 33.7 Å². The number of aryl methyl sites for hydroxylation is 1. The Bertz CT molecular complexity index is 826. The molecule has 3 aromatic rings. The first kappa shape index (κ1) is 12.7. The van der Waals surface area contributed by atoms with Crippen LogP contribution in [0.5, 0.6) is 0 Å². The van der Waals surface area contributed by atoms with Crippen molar-refractivity contribution < 1.29 is 0 Å². The normalized spacial score (nSPS) is 14.8. The van der Waals surface area contributed by atoms with E-state index in [-0.39, 0.29) is 0 Å². The van der Waals surface area contributed by atoms with Gasteiger partial charge in [-0.05, 0) is 49.6 Å². The van der Waals surface area contributed by atoms with Gasteiger partial charge < -0.3 is 10.3 Å². The number of nitrogens with zero attached hydrogens (tertiary/aromatic N) is 2. The maximum Gasteiger partial charge on any atom is 0.143 e. The predicted octanol–water partition coefficient (Wildman–Crippen LogP) is 4.58. The molecule has 1 saturated carbocycles. The number of nitrogens with two attached hydrogens (primary N) is 1. The highest BCUT2D eigenvalue weighted by atomic mass is 35.5. The maximum absolute atomic E-state index is 6.22. The summed E-state index contributed by atoms with van der Waals surface area (Å²) in [6.07, 6.45) is 2.40. The third-order valence-corrected chi connectivity index (χ3v) is 4.33. The Hall–Kier alpha value is -2.00. The molecule has 2 N–H and O–H groups in total. The molecule has 0 unspecified atom stereocenters. The number of imidazole rings is 1. The summed E-state index contributed by atoms with van der Waals surface area (Å²) >= 11 is 6.11. The van der Waals surface area contributed by atoms with Crippen molar-refractivity contribution in [2.75, 3.05) is 5.73 Å². The van der Waals surface area contributed by atoms with Crippen LogP contribution in [0.3, 0.4) is 0 Å². The predicted molar refractivity (Wildman–Crippen MR) is 87.6 cm³/mol. The number of rotatable bonds is 2. The standard InChI is InChI=1S/C17H16ClN3/c1-10-3-2-4-13(19)16(10)17-20-14-9-11(18)5-8-15(14)21(17)12-6-7-12/h2-5,8-9,12H,6-7,19H2,1H3. The van der Waals surface area contributed by atoms with Crippen LogP contribution in [0.1, 0.15) is 24.4 Å². The Kier molecular flexibility index (Phi) is 2.73. The minimum atomic E-state index is 0.533. The first-order valence-corrected chi connectivity index (χ1v) is 7.56. The summed E-state index contributed by atoms with van der Waals surface area (Å²) < 4.78 is 2.32. The van der Waals surface area contributed by atoms with Gasteiger partial charge in [0.25, 0.3) is 0 Å². The molecule has 0 radical (unpaired) electrons. The van der Waals surface area contributed by atoms with Crippen molar-refractivity contribution in [2.24, 2.45) is 0 Å². The molecule has 0 atom stereocenters. The van der Waals surface area contributed by atoms with E-state index in [9.17, 15) is 0 Å². The van der Waals surface area contributed by atoms with Gasteiger partial charge in [-0.1, -0.05) is 23.7 Å². The van der Waals surface area contributed by atoms with Gasteiger partial charge in [0.2, 0.25) is 0 Å². The fourth-order valence-corrected chi connectivity index (χ4v) is 3.11. The Balaban J connectivity index is 2.06. The van der Waals surface area contributed by atoms with Gasteiger partial charge in [0.05, 0.1) is 11.0 Å². The number of anilines is 1. The SMILES string of the molecule is Cc1cccc(N)c1-c1nc2cc(Cl)ccc2n1C1CC1. The van der Waals surface area contributed by atoms with E-state index in [0.29, 0.717) is 11.1 Å². The molecule has 1 aromatic heterocycles. The lowest BCUT2D eigenvalue weighted by Gasteiger charge is -2.12. The molecule has 106 valence electrons. The van der Waals surface area contributed by atoms with Crippen LogP contribution in [-0.2, 0) is 0 Å². The quantitative estimate of drug-likeness (QED) is 0.703. The number of nitrogen functional groups attached to an aromatic ring is 1. The zero-order chi connectivity index (χ0) is 14.6. The second-order valence-corrected chi connectivity index (χ2v) is 6.15. The van der Waals surface area contributed by atoms with Crippen LogP contribution in [0, 0.1) is 6.92 Å². The van der Waals surface area contributed by atoms with Gasteiger partial charge in [0.1, 0.15) is 5.82 Å². The third-order valence-electron chi connectivity index (χ3n) is 4.09. The van der Waals surface area contributed by atoms with Crippen LogP contribution in [0.2, 0.25) is 5.02 Å². The molecule has 1 aliphatic rings. The minimum Gasteiger partial charge on any atom is -0.398 e. The summed E-state index contributed by atoms with van der Waals surface area (Å²) in [5, 5.41) is 0.715. The minimum absolute atomic E-state index is 0.533. The van der Waals surface area contributed by atoms with Crippen molar-refractivity contribution in [3.05, 3.63) is 47.0 Å². The van der Waals surface area contributed by atoms with E-state index in [1.807, 2.05) is 24.3 Å². The Morgan fingerprint density at radius 2 is 2.05 bits per heavy atom. The fraction of sp³-hybridized carbons (Fsp3) is 0.235. The molecule has 3 nitrogen and oxygen atoms in total. The van der Waals surface area contributed by atoms with Gasteiger partial charge in [0, 0.05) is 22.3 Å². The molecule has 21 heavy (non-hydrogen) atoms. The lowest BCUT2D eigenvalue weighted by Crippen LogP contribution is -2.01. The number of aromatic nitrogens is 2. The van der Waals surface area contributed by atoms with Gasteiger partial charge in [-0.3, -0.25) is 0 Å². The number of fused-ring (bicyclic) bond motifs is 1. The van der Waals surface area contributed by atoms with Crippen molar-refractivity contribution in [3.8, 4) is 11.4 Å². The summed E-state index contributed by atoms with van der Waals surface area (Å²) in [4.78, 5) is 4.83. The van der Waals surface area contributed by atoms with Crippen LogP contribution >= 0.6 is 11.6 Å². The van der Waals surface area contributed by atoms with Crippen LogP contribution in [-0.4, -0.2) is 9.55 Å². The largest absolute Gasteiger partial charge is 0.398 e. The van der Waals surface area contributed by atoms with Gasteiger partial charge in [0.15, 0.2) is 0 Å². The zero-order valence-electron chi connectivity index (χ0n) is 11.8. The molecule has 1 heterocycles. The van der Waals surface area contributed by atoms with Gasteiger partial charge in [-0.15, -0.1) is 0 Å². The topological polar surface area (TPSA) is 43.8 Å². The van der Waals surface area contributed by atoms with Gasteiger partial charge in [-0.25, -0.2) is 4.98 Å². The van der Waals surface area contributed by atoms with Gasteiger partial charge >= 0.3 is 0 Å². The first-order chi connectivity index (χ1) is 10.1. The van der Waals surface area contributed by atoms with Crippen LogP contribution < -0.4 is 5.73 Å². The molecule has 0 spiro atoms. The summed E-state index contributed by atoms with van der Waals surface area (Å²) in [6, 6.07) is 12.4. The Labute approximate surface area is 128 Å². The molecule has 4 heteroatoms. The lowest BCUT2D eigenvalue weighted by atomic mass is 10.1. The zero-order valence-corrected chi connectivity index (χ0v) is 12.6. The summed E-state index contributed by atoms with van der Waals surface area (Å²) in [7, 11) is 0.